The molecule has 1 saturated heterocycles. The molecule has 3 aromatic rings. The lowest BCUT2D eigenvalue weighted by Gasteiger charge is -2.35. The van der Waals surface area contributed by atoms with Gasteiger partial charge in [-0.2, -0.15) is 13.2 Å². The molecule has 1 aliphatic heterocycles. The fourth-order valence-corrected chi connectivity index (χ4v) is 3.71. The summed E-state index contributed by atoms with van der Waals surface area (Å²) in [5, 5.41) is 2.67. The van der Waals surface area contributed by atoms with E-state index in [0.717, 1.165) is 34.8 Å². The molecule has 2 amide bonds. The summed E-state index contributed by atoms with van der Waals surface area (Å²) >= 11 is 0. The van der Waals surface area contributed by atoms with E-state index in [1.165, 1.54) is 12.1 Å². The number of hydrogen-bond donors (Lipinski definition) is 1. The summed E-state index contributed by atoms with van der Waals surface area (Å²) < 4.78 is 38.1. The summed E-state index contributed by atoms with van der Waals surface area (Å²) in [6.45, 7) is 6.06. The highest BCUT2D eigenvalue weighted by molar-refractivity contribution is 5.89. The number of nitrogens with zero attached hydrogens (tertiary/aromatic N) is 4. The number of carbonyl (C=O) groups excluding carboxylic acids is 1. The predicted molar refractivity (Wildman–Crippen MR) is 121 cm³/mol. The lowest BCUT2D eigenvalue weighted by molar-refractivity contribution is -0.137. The zero-order valence-corrected chi connectivity index (χ0v) is 18.4. The van der Waals surface area contributed by atoms with Crippen molar-refractivity contribution in [2.24, 2.45) is 0 Å². The molecule has 0 aliphatic carbocycles. The van der Waals surface area contributed by atoms with Crippen molar-refractivity contribution in [3.8, 4) is 11.4 Å². The van der Waals surface area contributed by atoms with Crippen LogP contribution in [-0.4, -0.2) is 47.1 Å². The van der Waals surface area contributed by atoms with Gasteiger partial charge < -0.3 is 15.1 Å². The van der Waals surface area contributed by atoms with Gasteiger partial charge in [0.05, 0.1) is 5.56 Å². The Bertz CT molecular complexity index is 1140. The zero-order chi connectivity index (χ0) is 23.6. The Hall–Kier alpha value is -3.62. The van der Waals surface area contributed by atoms with Crippen LogP contribution in [0.3, 0.4) is 0 Å². The van der Waals surface area contributed by atoms with Crippen LogP contribution in [0.15, 0.2) is 54.6 Å². The van der Waals surface area contributed by atoms with Crippen molar-refractivity contribution in [2.75, 3.05) is 36.4 Å². The lowest BCUT2D eigenvalue weighted by atomic mass is 10.1. The Kier molecular flexibility index (Phi) is 6.22. The van der Waals surface area contributed by atoms with Gasteiger partial charge in [-0.1, -0.05) is 23.8 Å². The molecule has 6 nitrogen and oxygen atoms in total. The predicted octanol–water partition coefficient (Wildman–Crippen LogP) is 5.13. The first-order chi connectivity index (χ1) is 15.7. The second-order valence-electron chi connectivity index (χ2n) is 8.04. The number of alkyl halides is 3. The number of piperazine rings is 1. The van der Waals surface area contributed by atoms with E-state index in [4.69, 9.17) is 4.98 Å². The summed E-state index contributed by atoms with van der Waals surface area (Å²) in [4.78, 5) is 25.6. The van der Waals surface area contributed by atoms with E-state index in [0.29, 0.717) is 37.7 Å². The Morgan fingerprint density at radius 2 is 1.64 bits per heavy atom. The van der Waals surface area contributed by atoms with Crippen molar-refractivity contribution in [1.82, 2.24) is 14.9 Å². The largest absolute Gasteiger partial charge is 0.416 e. The molecule has 1 N–H and O–H groups in total. The van der Waals surface area contributed by atoms with Crippen LogP contribution in [-0.2, 0) is 6.18 Å². The molecule has 172 valence electrons. The van der Waals surface area contributed by atoms with Crippen molar-refractivity contribution >= 4 is 17.5 Å². The van der Waals surface area contributed by atoms with Gasteiger partial charge in [-0.05, 0) is 44.2 Å². The summed E-state index contributed by atoms with van der Waals surface area (Å²) in [5.74, 6) is 1.47. The number of carbonyl (C=O) groups is 1. The fraction of sp³-hybridized carbons (Fsp3) is 0.292. The number of urea groups is 1. The minimum atomic E-state index is -4.41. The number of amides is 2. The van der Waals surface area contributed by atoms with Gasteiger partial charge in [0.2, 0.25) is 0 Å². The fourth-order valence-electron chi connectivity index (χ4n) is 3.71. The van der Waals surface area contributed by atoms with E-state index < -0.39 is 11.7 Å². The highest BCUT2D eigenvalue weighted by atomic mass is 19.4. The lowest BCUT2D eigenvalue weighted by Crippen LogP contribution is -2.50. The van der Waals surface area contributed by atoms with Gasteiger partial charge in [0.15, 0.2) is 5.82 Å². The average molecular weight is 455 g/mol. The van der Waals surface area contributed by atoms with Gasteiger partial charge >= 0.3 is 12.2 Å². The number of benzene rings is 2. The molecule has 2 aromatic carbocycles. The number of aromatic nitrogens is 2. The Morgan fingerprint density at radius 1 is 0.939 bits per heavy atom. The first-order valence-corrected chi connectivity index (χ1v) is 10.6. The molecule has 0 bridgehead atoms. The Balaban J connectivity index is 1.39. The zero-order valence-electron chi connectivity index (χ0n) is 18.4. The molecular formula is C24H24F3N5O. The summed E-state index contributed by atoms with van der Waals surface area (Å²) in [7, 11) is 0. The molecule has 0 saturated carbocycles. The van der Waals surface area contributed by atoms with E-state index in [2.05, 4.69) is 15.2 Å². The number of halogens is 3. The maximum absolute atomic E-state index is 12.7. The number of aryl methyl sites for hydroxylation is 2. The average Bonchev–Trinajstić information content (AvgIpc) is 2.78. The third-order valence-corrected chi connectivity index (χ3v) is 5.47. The highest BCUT2D eigenvalue weighted by Crippen LogP contribution is 2.30. The second-order valence-corrected chi connectivity index (χ2v) is 8.04. The van der Waals surface area contributed by atoms with Crippen LogP contribution in [0.5, 0.6) is 0 Å². The van der Waals surface area contributed by atoms with Gasteiger partial charge in [-0.25, -0.2) is 14.8 Å². The van der Waals surface area contributed by atoms with Crippen LogP contribution in [0, 0.1) is 13.8 Å². The molecular weight excluding hydrogens is 431 g/mol. The number of rotatable bonds is 3. The maximum Gasteiger partial charge on any atom is 0.416 e. The van der Waals surface area contributed by atoms with Crippen LogP contribution in [0.1, 0.15) is 16.8 Å². The van der Waals surface area contributed by atoms with Gasteiger partial charge in [-0.3, -0.25) is 0 Å². The van der Waals surface area contributed by atoms with Gasteiger partial charge in [0.25, 0.3) is 0 Å². The first kappa shape index (κ1) is 22.6. The minimum Gasteiger partial charge on any atom is -0.353 e. The van der Waals surface area contributed by atoms with Crippen LogP contribution in [0.25, 0.3) is 11.4 Å². The van der Waals surface area contributed by atoms with Crippen LogP contribution in [0.4, 0.5) is 29.5 Å². The minimum absolute atomic E-state index is 0.324. The molecule has 4 rings (SSSR count). The standard InChI is InChI=1S/C24H24F3N5O/c1-16-4-3-5-18(14-16)22-28-17(2)15-21(30-22)31-10-12-32(13-11-31)23(33)29-20-8-6-19(7-9-20)24(25,26)27/h3-9,14-15H,10-13H2,1-2H3,(H,29,33). The van der Waals surface area contributed by atoms with Gasteiger partial charge in [0.1, 0.15) is 5.82 Å². The van der Waals surface area contributed by atoms with Crippen LogP contribution in [0.2, 0.25) is 0 Å². The van der Waals surface area contributed by atoms with E-state index in [-0.39, 0.29) is 6.03 Å². The molecule has 33 heavy (non-hydrogen) atoms. The van der Waals surface area contributed by atoms with Gasteiger partial charge in [-0.15, -0.1) is 0 Å². The normalized spacial score (nSPS) is 14.3. The third kappa shape index (κ3) is 5.42. The molecule has 2 heterocycles. The van der Waals surface area contributed by atoms with Crippen LogP contribution >= 0.6 is 0 Å². The van der Waals surface area contributed by atoms with Gasteiger partial charge in [0, 0.05) is 49.2 Å². The number of nitrogens with one attached hydrogen (secondary N) is 1. The van der Waals surface area contributed by atoms with E-state index >= 15 is 0 Å². The molecule has 1 aromatic heterocycles. The monoisotopic (exact) mass is 455 g/mol. The molecule has 0 spiro atoms. The highest BCUT2D eigenvalue weighted by Gasteiger charge is 2.30. The molecule has 9 heteroatoms. The van der Waals surface area contributed by atoms with Crippen molar-refractivity contribution in [1.29, 1.82) is 0 Å². The SMILES string of the molecule is Cc1cccc(-c2nc(C)cc(N3CCN(C(=O)Nc4ccc(C(F)(F)F)cc4)CC3)n2)c1. The van der Waals surface area contributed by atoms with E-state index in [1.54, 1.807) is 4.90 Å². The van der Waals surface area contributed by atoms with Crippen molar-refractivity contribution in [2.45, 2.75) is 20.0 Å². The molecule has 0 radical (unpaired) electrons. The molecule has 0 unspecified atom stereocenters. The smallest absolute Gasteiger partial charge is 0.353 e. The molecule has 1 aliphatic rings. The third-order valence-electron chi connectivity index (χ3n) is 5.47. The number of anilines is 2. The van der Waals surface area contributed by atoms with E-state index in [9.17, 15) is 18.0 Å². The number of hydrogen-bond acceptors (Lipinski definition) is 4. The summed E-state index contributed by atoms with van der Waals surface area (Å²) in [6.07, 6.45) is -4.41. The topological polar surface area (TPSA) is 61.4 Å². The second kappa shape index (κ2) is 9.09. The quantitative estimate of drug-likeness (QED) is 0.595. The molecule has 1 fully saturated rings. The van der Waals surface area contributed by atoms with E-state index in [1.807, 2.05) is 44.2 Å². The first-order valence-electron chi connectivity index (χ1n) is 10.6. The Labute approximate surface area is 190 Å². The summed E-state index contributed by atoms with van der Waals surface area (Å²) in [6, 6.07) is 14.0. The van der Waals surface area contributed by atoms with Crippen molar-refractivity contribution in [3.05, 3.63) is 71.4 Å². The van der Waals surface area contributed by atoms with Crippen LogP contribution < -0.4 is 10.2 Å². The van der Waals surface area contributed by atoms with Crippen molar-refractivity contribution < 1.29 is 18.0 Å². The van der Waals surface area contributed by atoms with Crippen molar-refractivity contribution in [3.63, 3.8) is 0 Å². The molecule has 0 atom stereocenters. The maximum atomic E-state index is 12.7. The Morgan fingerprint density at radius 3 is 2.27 bits per heavy atom. The summed E-state index contributed by atoms with van der Waals surface area (Å²) in [5.41, 5.74) is 2.52.